The van der Waals surface area contributed by atoms with Gasteiger partial charge in [-0.05, 0) is 73.9 Å². The maximum absolute atomic E-state index is 13.3. The Kier molecular flexibility index (Phi) is 5.77. The van der Waals surface area contributed by atoms with Crippen LogP contribution in [0, 0.1) is 6.92 Å². The number of halogens is 1. The first-order valence-corrected chi connectivity index (χ1v) is 11.8. The van der Waals surface area contributed by atoms with Gasteiger partial charge in [0.05, 0.1) is 10.6 Å². The summed E-state index contributed by atoms with van der Waals surface area (Å²) in [6.45, 7) is 4.19. The van der Waals surface area contributed by atoms with Gasteiger partial charge >= 0.3 is 0 Å². The van der Waals surface area contributed by atoms with Crippen molar-refractivity contribution in [2.24, 2.45) is 0 Å². The number of amides is 1. The second-order valence-electron chi connectivity index (χ2n) is 7.82. The largest absolute Gasteiger partial charge is 0.348 e. The maximum atomic E-state index is 13.3. The van der Waals surface area contributed by atoms with E-state index in [4.69, 9.17) is 11.6 Å². The van der Waals surface area contributed by atoms with Crippen LogP contribution in [0.1, 0.15) is 34.0 Å². The van der Waals surface area contributed by atoms with Crippen molar-refractivity contribution in [3.05, 3.63) is 94.0 Å². The minimum Gasteiger partial charge on any atom is -0.348 e. The molecule has 160 valence electrons. The molecule has 0 spiro atoms. The van der Waals surface area contributed by atoms with Crippen LogP contribution in [0.4, 0.5) is 5.69 Å². The molecule has 1 aliphatic heterocycles. The minimum absolute atomic E-state index is 0.203. The van der Waals surface area contributed by atoms with E-state index in [1.807, 2.05) is 26.0 Å². The topological polar surface area (TPSA) is 66.5 Å². The highest BCUT2D eigenvalue weighted by atomic mass is 35.5. The number of fused-ring (bicyclic) bond motifs is 1. The highest BCUT2D eigenvalue weighted by Gasteiger charge is 2.36. The molecule has 0 saturated carbocycles. The van der Waals surface area contributed by atoms with Crippen LogP contribution >= 0.6 is 11.6 Å². The van der Waals surface area contributed by atoms with Crippen molar-refractivity contribution in [2.45, 2.75) is 37.8 Å². The monoisotopic (exact) mass is 454 g/mol. The number of carbonyl (C=O) groups excluding carboxylic acids is 1. The van der Waals surface area contributed by atoms with Crippen molar-refractivity contribution < 1.29 is 13.2 Å². The molecule has 0 fully saturated rings. The Morgan fingerprint density at radius 1 is 1.06 bits per heavy atom. The molecule has 0 unspecified atom stereocenters. The third-order valence-corrected chi connectivity index (χ3v) is 7.63. The molecular weight excluding hydrogens is 432 g/mol. The molecule has 1 amide bonds. The fraction of sp³-hybridized carbons (Fsp3) is 0.208. The average Bonchev–Trinajstić information content (AvgIpc) is 3.09. The van der Waals surface area contributed by atoms with Gasteiger partial charge in [0.15, 0.2) is 0 Å². The molecule has 4 rings (SSSR count). The van der Waals surface area contributed by atoms with Crippen molar-refractivity contribution in [2.75, 3.05) is 4.31 Å². The Hall–Kier alpha value is -2.83. The lowest BCUT2D eigenvalue weighted by atomic mass is 10.1. The van der Waals surface area contributed by atoms with E-state index >= 15 is 0 Å². The third kappa shape index (κ3) is 4.31. The molecule has 0 saturated heterocycles. The van der Waals surface area contributed by atoms with E-state index in [1.165, 1.54) is 4.31 Å². The lowest BCUT2D eigenvalue weighted by molar-refractivity contribution is 0.0951. The number of sulfonamides is 1. The molecular formula is C24H23ClN2O3S. The molecule has 1 N–H and O–H groups in total. The van der Waals surface area contributed by atoms with Gasteiger partial charge in [-0.25, -0.2) is 8.42 Å². The van der Waals surface area contributed by atoms with Crippen LogP contribution in [0.3, 0.4) is 0 Å². The van der Waals surface area contributed by atoms with E-state index in [0.717, 1.165) is 16.7 Å². The van der Waals surface area contributed by atoms with Gasteiger partial charge in [0, 0.05) is 23.2 Å². The van der Waals surface area contributed by atoms with Crippen LogP contribution in [-0.4, -0.2) is 20.4 Å². The van der Waals surface area contributed by atoms with Gasteiger partial charge in [0.2, 0.25) is 0 Å². The molecule has 3 aromatic rings. The Morgan fingerprint density at radius 3 is 2.42 bits per heavy atom. The highest BCUT2D eigenvalue weighted by Crippen LogP contribution is 2.37. The number of benzene rings is 3. The molecule has 5 nitrogen and oxygen atoms in total. The van der Waals surface area contributed by atoms with E-state index in [2.05, 4.69) is 5.32 Å². The van der Waals surface area contributed by atoms with Gasteiger partial charge in [-0.1, -0.05) is 41.4 Å². The van der Waals surface area contributed by atoms with E-state index in [9.17, 15) is 13.2 Å². The predicted molar refractivity (Wildman–Crippen MR) is 123 cm³/mol. The van der Waals surface area contributed by atoms with Crippen LogP contribution in [0.25, 0.3) is 0 Å². The smallest absolute Gasteiger partial charge is 0.264 e. The number of nitrogens with zero attached hydrogens (tertiary/aromatic N) is 1. The summed E-state index contributed by atoms with van der Waals surface area (Å²) in [7, 11) is -3.68. The summed E-state index contributed by atoms with van der Waals surface area (Å²) in [4.78, 5) is 12.9. The molecule has 1 atom stereocenters. The number of aryl methyl sites for hydroxylation is 1. The van der Waals surface area contributed by atoms with Crippen molar-refractivity contribution >= 4 is 33.2 Å². The fourth-order valence-electron chi connectivity index (χ4n) is 3.82. The Morgan fingerprint density at radius 2 is 1.74 bits per heavy atom. The van der Waals surface area contributed by atoms with Gasteiger partial charge in [-0.2, -0.15) is 0 Å². The number of carbonyl (C=O) groups is 1. The molecule has 3 aromatic carbocycles. The van der Waals surface area contributed by atoms with Crippen LogP contribution in [0.15, 0.2) is 71.6 Å². The number of hydrogen-bond acceptors (Lipinski definition) is 3. The van der Waals surface area contributed by atoms with Crippen molar-refractivity contribution in [1.82, 2.24) is 5.32 Å². The zero-order chi connectivity index (χ0) is 22.2. The second-order valence-corrected chi connectivity index (χ2v) is 10.1. The molecule has 7 heteroatoms. The summed E-state index contributed by atoms with van der Waals surface area (Å²) < 4.78 is 28.0. The van der Waals surface area contributed by atoms with Crippen molar-refractivity contribution in [3.8, 4) is 0 Å². The van der Waals surface area contributed by atoms with Gasteiger partial charge in [-0.15, -0.1) is 0 Å². The zero-order valence-electron chi connectivity index (χ0n) is 17.3. The van der Waals surface area contributed by atoms with Crippen LogP contribution in [-0.2, 0) is 23.0 Å². The van der Waals surface area contributed by atoms with Crippen molar-refractivity contribution in [3.63, 3.8) is 0 Å². The first-order valence-electron chi connectivity index (χ1n) is 10.0. The fourth-order valence-corrected chi connectivity index (χ4v) is 5.64. The Labute approximate surface area is 187 Å². The standard InChI is InChI=1S/C24H23ClN2O3S/c1-16-3-10-22(11-4-16)31(29,30)27-17(2)13-20-14-19(7-12-23(20)27)24(28)26-15-18-5-8-21(25)9-6-18/h3-12,14,17H,13,15H2,1-2H3,(H,26,28)/t17-/m0/s1. The van der Waals surface area contributed by atoms with Gasteiger partial charge in [0.1, 0.15) is 0 Å². The van der Waals surface area contributed by atoms with Gasteiger partial charge in [-0.3, -0.25) is 9.10 Å². The number of rotatable bonds is 5. The van der Waals surface area contributed by atoms with Crippen LogP contribution < -0.4 is 9.62 Å². The van der Waals surface area contributed by atoms with E-state index in [1.54, 1.807) is 54.6 Å². The minimum atomic E-state index is -3.68. The first-order chi connectivity index (χ1) is 14.8. The summed E-state index contributed by atoms with van der Waals surface area (Å²) >= 11 is 5.89. The molecule has 1 aliphatic rings. The zero-order valence-corrected chi connectivity index (χ0v) is 18.9. The molecule has 31 heavy (non-hydrogen) atoms. The first kappa shape index (κ1) is 21.4. The van der Waals surface area contributed by atoms with Gasteiger partial charge < -0.3 is 5.32 Å². The number of nitrogens with one attached hydrogen (secondary N) is 1. The molecule has 0 aromatic heterocycles. The average molecular weight is 455 g/mol. The number of hydrogen-bond donors (Lipinski definition) is 1. The highest BCUT2D eigenvalue weighted by molar-refractivity contribution is 7.92. The maximum Gasteiger partial charge on any atom is 0.264 e. The van der Waals surface area contributed by atoms with Crippen LogP contribution in [0.2, 0.25) is 5.02 Å². The summed E-state index contributed by atoms with van der Waals surface area (Å²) in [6, 6.07) is 19.1. The predicted octanol–water partition coefficient (Wildman–Crippen LogP) is 4.72. The lowest BCUT2D eigenvalue weighted by Crippen LogP contribution is -2.35. The van der Waals surface area contributed by atoms with E-state index in [0.29, 0.717) is 29.2 Å². The molecule has 0 radical (unpaired) electrons. The molecule has 0 aliphatic carbocycles. The second kappa shape index (κ2) is 8.36. The third-order valence-electron chi connectivity index (χ3n) is 5.44. The van der Waals surface area contributed by atoms with Crippen LogP contribution in [0.5, 0.6) is 0 Å². The summed E-state index contributed by atoms with van der Waals surface area (Å²) in [6.07, 6.45) is 0.554. The van der Waals surface area contributed by atoms with E-state index < -0.39 is 10.0 Å². The number of anilines is 1. The molecule has 1 heterocycles. The summed E-state index contributed by atoms with van der Waals surface area (Å²) in [5, 5.41) is 3.54. The van der Waals surface area contributed by atoms with Gasteiger partial charge in [0.25, 0.3) is 15.9 Å². The Bertz CT molecular complexity index is 1220. The molecule has 0 bridgehead atoms. The SMILES string of the molecule is Cc1ccc(S(=O)(=O)N2c3ccc(C(=O)NCc4ccc(Cl)cc4)cc3C[C@@H]2C)cc1. The quantitative estimate of drug-likeness (QED) is 0.606. The summed E-state index contributed by atoms with van der Waals surface area (Å²) in [5.74, 6) is -0.203. The Balaban J connectivity index is 1.55. The lowest BCUT2D eigenvalue weighted by Gasteiger charge is -2.24. The van der Waals surface area contributed by atoms with Crippen molar-refractivity contribution in [1.29, 1.82) is 0 Å². The summed E-state index contributed by atoms with van der Waals surface area (Å²) in [5.41, 5.74) is 3.94. The van der Waals surface area contributed by atoms with E-state index in [-0.39, 0.29) is 16.8 Å². The normalized spacial score (nSPS) is 15.6.